The maximum atomic E-state index is 12.9. The van der Waals surface area contributed by atoms with Crippen LogP contribution in [0.5, 0.6) is 5.75 Å². The first-order chi connectivity index (χ1) is 12.8. The highest BCUT2D eigenvalue weighted by atomic mass is 19.1. The Balaban J connectivity index is 1.87. The Labute approximate surface area is 156 Å². The van der Waals surface area contributed by atoms with Crippen molar-refractivity contribution in [2.45, 2.75) is 33.0 Å². The highest BCUT2D eigenvalue weighted by molar-refractivity contribution is 5.97. The molecule has 2 rings (SSSR count). The van der Waals surface area contributed by atoms with Crippen LogP contribution in [-0.4, -0.2) is 29.9 Å². The van der Waals surface area contributed by atoms with Crippen LogP contribution in [0.4, 0.5) is 10.1 Å². The van der Waals surface area contributed by atoms with Gasteiger partial charge in [0.25, 0.3) is 5.91 Å². The summed E-state index contributed by atoms with van der Waals surface area (Å²) in [6.45, 7) is 4.35. The van der Waals surface area contributed by atoms with E-state index in [0.29, 0.717) is 17.0 Å². The van der Waals surface area contributed by atoms with Gasteiger partial charge in [0.05, 0.1) is 0 Å². The van der Waals surface area contributed by atoms with E-state index in [2.05, 4.69) is 5.32 Å². The molecule has 2 atom stereocenters. The van der Waals surface area contributed by atoms with Gasteiger partial charge in [0, 0.05) is 11.3 Å². The molecule has 0 saturated heterocycles. The number of carbonyl (C=O) groups is 3. The van der Waals surface area contributed by atoms with Crippen LogP contribution in [0.15, 0.2) is 48.5 Å². The average Bonchev–Trinajstić information content (AvgIpc) is 2.63. The van der Waals surface area contributed by atoms with E-state index in [9.17, 15) is 18.8 Å². The average molecular weight is 373 g/mol. The van der Waals surface area contributed by atoms with Crippen molar-refractivity contribution in [1.82, 2.24) is 0 Å². The first-order valence-electron chi connectivity index (χ1n) is 8.31. The molecule has 27 heavy (non-hydrogen) atoms. The van der Waals surface area contributed by atoms with Crippen molar-refractivity contribution >= 4 is 23.3 Å². The minimum atomic E-state index is -1.05. The smallest absolute Gasteiger partial charge is 0.347 e. The molecule has 6 nitrogen and oxygen atoms in total. The molecular formula is C20H20FNO5. The SMILES string of the molecule is CC(=O)c1ccc(NC(=O)[C@H](C)OC(=O)[C@H](C)Oc2ccc(F)cc2)cc1. The van der Waals surface area contributed by atoms with E-state index in [1.807, 2.05) is 0 Å². The number of anilines is 1. The standard InChI is InChI=1S/C20H20FNO5/c1-12(23)15-4-8-17(9-5-15)22-19(24)13(2)27-20(25)14(3)26-18-10-6-16(21)7-11-18/h4-11,13-14H,1-3H3,(H,22,24)/t13-,14-/m0/s1. The van der Waals surface area contributed by atoms with Crippen molar-refractivity contribution in [1.29, 1.82) is 0 Å². The van der Waals surface area contributed by atoms with Crippen molar-refractivity contribution in [3.8, 4) is 5.75 Å². The maximum Gasteiger partial charge on any atom is 0.347 e. The van der Waals surface area contributed by atoms with Crippen molar-refractivity contribution < 1.29 is 28.2 Å². The molecule has 2 aromatic rings. The monoisotopic (exact) mass is 373 g/mol. The van der Waals surface area contributed by atoms with E-state index >= 15 is 0 Å². The fraction of sp³-hybridized carbons (Fsp3) is 0.250. The predicted octanol–water partition coefficient (Wildman–Crippen LogP) is 3.37. The van der Waals surface area contributed by atoms with Gasteiger partial charge in [-0.1, -0.05) is 0 Å². The van der Waals surface area contributed by atoms with Crippen LogP contribution in [0.1, 0.15) is 31.1 Å². The molecule has 0 saturated carbocycles. The first-order valence-corrected chi connectivity index (χ1v) is 8.31. The molecule has 0 heterocycles. The third kappa shape index (κ3) is 5.91. The van der Waals surface area contributed by atoms with Crippen molar-refractivity contribution in [3.05, 3.63) is 59.9 Å². The number of benzene rings is 2. The molecule has 0 bridgehead atoms. The predicted molar refractivity (Wildman–Crippen MR) is 97.1 cm³/mol. The van der Waals surface area contributed by atoms with Crippen LogP contribution in [-0.2, 0) is 14.3 Å². The second-order valence-corrected chi connectivity index (χ2v) is 5.92. The number of esters is 1. The fourth-order valence-electron chi connectivity index (χ4n) is 2.12. The molecule has 2 aromatic carbocycles. The highest BCUT2D eigenvalue weighted by Gasteiger charge is 2.23. The third-order valence-electron chi connectivity index (χ3n) is 3.68. The lowest BCUT2D eigenvalue weighted by atomic mass is 10.1. The molecule has 0 spiro atoms. The molecule has 1 amide bonds. The van der Waals surface area contributed by atoms with Gasteiger partial charge in [0.15, 0.2) is 18.0 Å². The van der Waals surface area contributed by atoms with Crippen LogP contribution in [0.2, 0.25) is 0 Å². The van der Waals surface area contributed by atoms with Gasteiger partial charge in [-0.25, -0.2) is 9.18 Å². The zero-order valence-electron chi connectivity index (χ0n) is 15.2. The first kappa shape index (κ1) is 20.1. The Hall–Kier alpha value is -3.22. The van der Waals surface area contributed by atoms with Crippen molar-refractivity contribution in [3.63, 3.8) is 0 Å². The van der Waals surface area contributed by atoms with Crippen LogP contribution in [0, 0.1) is 5.82 Å². The minimum Gasteiger partial charge on any atom is -0.479 e. The lowest BCUT2D eigenvalue weighted by Crippen LogP contribution is -2.35. The van der Waals surface area contributed by atoms with Gasteiger partial charge in [-0.15, -0.1) is 0 Å². The molecule has 7 heteroatoms. The summed E-state index contributed by atoms with van der Waals surface area (Å²) >= 11 is 0. The lowest BCUT2D eigenvalue weighted by molar-refractivity contribution is -0.159. The Morgan fingerprint density at radius 3 is 2.07 bits per heavy atom. The Morgan fingerprint density at radius 1 is 0.926 bits per heavy atom. The summed E-state index contributed by atoms with van der Waals surface area (Å²) in [4.78, 5) is 35.5. The molecule has 142 valence electrons. The van der Waals surface area contributed by atoms with Gasteiger partial charge in [0.2, 0.25) is 0 Å². The van der Waals surface area contributed by atoms with Gasteiger partial charge in [-0.2, -0.15) is 0 Å². The van der Waals surface area contributed by atoms with E-state index in [1.165, 1.54) is 45.0 Å². The Bertz CT molecular complexity index is 817. The number of Topliss-reactive ketones (excluding diaryl/α,β-unsaturated/α-hetero) is 1. The number of ether oxygens (including phenoxy) is 2. The normalized spacial score (nSPS) is 12.6. The summed E-state index contributed by atoms with van der Waals surface area (Å²) in [5.41, 5.74) is 1.00. The molecule has 0 aliphatic carbocycles. The summed E-state index contributed by atoms with van der Waals surface area (Å²) in [5, 5.41) is 2.60. The quantitative estimate of drug-likeness (QED) is 0.594. The second-order valence-electron chi connectivity index (χ2n) is 5.92. The number of hydrogen-bond acceptors (Lipinski definition) is 5. The number of carbonyl (C=O) groups excluding carboxylic acids is 3. The van der Waals surface area contributed by atoms with E-state index in [0.717, 1.165) is 0 Å². The molecule has 0 aliphatic heterocycles. The number of hydrogen-bond donors (Lipinski definition) is 1. The minimum absolute atomic E-state index is 0.0784. The molecule has 0 unspecified atom stereocenters. The van der Waals surface area contributed by atoms with Gasteiger partial charge < -0.3 is 14.8 Å². The van der Waals surface area contributed by atoms with E-state index in [1.54, 1.807) is 24.3 Å². The number of ketones is 1. The van der Waals surface area contributed by atoms with Crippen LogP contribution in [0.25, 0.3) is 0 Å². The number of halogens is 1. The molecule has 0 aromatic heterocycles. The summed E-state index contributed by atoms with van der Waals surface area (Å²) in [6.07, 6.45) is -2.02. The summed E-state index contributed by atoms with van der Waals surface area (Å²) in [6, 6.07) is 11.6. The zero-order valence-corrected chi connectivity index (χ0v) is 15.2. The van der Waals surface area contributed by atoms with Gasteiger partial charge in [-0.05, 0) is 69.3 Å². The van der Waals surface area contributed by atoms with Gasteiger partial charge >= 0.3 is 5.97 Å². The molecule has 0 fully saturated rings. The largest absolute Gasteiger partial charge is 0.479 e. The highest BCUT2D eigenvalue weighted by Crippen LogP contribution is 2.14. The van der Waals surface area contributed by atoms with Crippen LogP contribution in [0.3, 0.4) is 0 Å². The van der Waals surface area contributed by atoms with E-state index in [-0.39, 0.29) is 5.78 Å². The van der Waals surface area contributed by atoms with E-state index in [4.69, 9.17) is 9.47 Å². The van der Waals surface area contributed by atoms with Crippen molar-refractivity contribution in [2.24, 2.45) is 0 Å². The Morgan fingerprint density at radius 2 is 1.52 bits per heavy atom. The zero-order chi connectivity index (χ0) is 20.0. The number of rotatable bonds is 7. The number of amides is 1. The number of nitrogens with one attached hydrogen (secondary N) is 1. The second kappa shape index (κ2) is 8.93. The van der Waals surface area contributed by atoms with Crippen molar-refractivity contribution in [2.75, 3.05) is 5.32 Å². The van der Waals surface area contributed by atoms with Gasteiger partial charge in [0.1, 0.15) is 11.6 Å². The molecular weight excluding hydrogens is 353 g/mol. The van der Waals surface area contributed by atoms with Crippen LogP contribution >= 0.6 is 0 Å². The lowest BCUT2D eigenvalue weighted by Gasteiger charge is -2.18. The third-order valence-corrected chi connectivity index (χ3v) is 3.68. The molecule has 1 N–H and O–H groups in total. The van der Waals surface area contributed by atoms with Gasteiger partial charge in [-0.3, -0.25) is 9.59 Å². The topological polar surface area (TPSA) is 81.7 Å². The summed E-state index contributed by atoms with van der Waals surface area (Å²) in [7, 11) is 0. The summed E-state index contributed by atoms with van der Waals surface area (Å²) in [5.74, 6) is -1.44. The van der Waals surface area contributed by atoms with E-state index < -0.39 is 29.9 Å². The summed E-state index contributed by atoms with van der Waals surface area (Å²) < 4.78 is 23.3. The fourth-order valence-corrected chi connectivity index (χ4v) is 2.12. The maximum absolute atomic E-state index is 12.9. The molecule has 0 radical (unpaired) electrons. The molecule has 0 aliphatic rings. The Kier molecular flexibility index (Phi) is 6.65. The van der Waals surface area contributed by atoms with Crippen LogP contribution < -0.4 is 10.1 Å².